The Bertz CT molecular complexity index is 580. The van der Waals surface area contributed by atoms with E-state index in [0.717, 1.165) is 25.7 Å². The number of nitrogens with one attached hydrogen (secondary N) is 1. The van der Waals surface area contributed by atoms with Crippen molar-refractivity contribution in [3.8, 4) is 0 Å². The van der Waals surface area contributed by atoms with Gasteiger partial charge in [-0.05, 0) is 19.3 Å². The van der Waals surface area contributed by atoms with E-state index >= 15 is 0 Å². The van der Waals surface area contributed by atoms with Gasteiger partial charge in [0.1, 0.15) is 0 Å². The maximum absolute atomic E-state index is 12.3. The zero-order valence-corrected chi connectivity index (χ0v) is 14.3. The van der Waals surface area contributed by atoms with Gasteiger partial charge in [0.15, 0.2) is 5.82 Å². The molecule has 132 valence electrons. The molecule has 0 aromatic carbocycles. The number of aromatic nitrogens is 2. The predicted octanol–water partition coefficient (Wildman–Crippen LogP) is 1.47. The zero-order chi connectivity index (χ0) is 16.9. The molecule has 0 unspecified atom stereocenters. The SMILES string of the molecule is CCc1noc(CCC(=O)N2CC[C@H](C(=O)NC3CCCC3)C2)n1. The smallest absolute Gasteiger partial charge is 0.227 e. The fourth-order valence-electron chi connectivity index (χ4n) is 3.50. The van der Waals surface area contributed by atoms with Gasteiger partial charge in [0.2, 0.25) is 17.7 Å². The lowest BCUT2D eigenvalue weighted by molar-refractivity contribution is -0.130. The number of carbonyl (C=O) groups is 2. The highest BCUT2D eigenvalue weighted by atomic mass is 16.5. The van der Waals surface area contributed by atoms with Gasteiger partial charge in [-0.15, -0.1) is 0 Å². The van der Waals surface area contributed by atoms with Crippen LogP contribution in [0.2, 0.25) is 0 Å². The second-order valence-corrected chi connectivity index (χ2v) is 6.77. The zero-order valence-electron chi connectivity index (χ0n) is 14.3. The average Bonchev–Trinajstić information content (AvgIpc) is 3.32. The Morgan fingerprint density at radius 3 is 2.79 bits per heavy atom. The van der Waals surface area contributed by atoms with Crippen LogP contribution < -0.4 is 5.32 Å². The van der Waals surface area contributed by atoms with Crippen LogP contribution in [0.5, 0.6) is 0 Å². The lowest BCUT2D eigenvalue weighted by atomic mass is 10.1. The molecular formula is C17H26N4O3. The summed E-state index contributed by atoms with van der Waals surface area (Å²) < 4.78 is 5.11. The Morgan fingerprint density at radius 2 is 2.08 bits per heavy atom. The molecule has 24 heavy (non-hydrogen) atoms. The molecule has 1 aliphatic carbocycles. The average molecular weight is 334 g/mol. The first-order valence-corrected chi connectivity index (χ1v) is 9.05. The molecule has 1 aromatic heterocycles. The Labute approximate surface area is 142 Å². The fraction of sp³-hybridized carbons (Fsp3) is 0.765. The van der Waals surface area contributed by atoms with E-state index in [1.807, 2.05) is 6.92 Å². The summed E-state index contributed by atoms with van der Waals surface area (Å²) in [4.78, 5) is 30.6. The summed E-state index contributed by atoms with van der Waals surface area (Å²) >= 11 is 0. The van der Waals surface area contributed by atoms with Crippen LogP contribution in [0, 0.1) is 5.92 Å². The van der Waals surface area contributed by atoms with Gasteiger partial charge >= 0.3 is 0 Å². The third-order valence-corrected chi connectivity index (χ3v) is 4.99. The quantitative estimate of drug-likeness (QED) is 0.851. The number of nitrogens with zero attached hydrogens (tertiary/aromatic N) is 3. The van der Waals surface area contributed by atoms with Gasteiger partial charge in [-0.1, -0.05) is 24.9 Å². The molecule has 3 rings (SSSR count). The van der Waals surface area contributed by atoms with Crippen LogP contribution >= 0.6 is 0 Å². The number of likely N-dealkylation sites (tertiary alicyclic amines) is 1. The van der Waals surface area contributed by atoms with Gasteiger partial charge in [-0.3, -0.25) is 9.59 Å². The molecule has 2 amide bonds. The van der Waals surface area contributed by atoms with Crippen LogP contribution in [-0.2, 0) is 22.4 Å². The number of amides is 2. The number of carbonyl (C=O) groups excluding carboxylic acids is 2. The Hall–Kier alpha value is -1.92. The third-order valence-electron chi connectivity index (χ3n) is 4.99. The number of hydrogen-bond acceptors (Lipinski definition) is 5. The van der Waals surface area contributed by atoms with Gasteiger partial charge in [-0.25, -0.2) is 0 Å². The van der Waals surface area contributed by atoms with Crippen molar-refractivity contribution in [3.05, 3.63) is 11.7 Å². The Kier molecular flexibility index (Phi) is 5.48. The van der Waals surface area contributed by atoms with Gasteiger partial charge in [0.25, 0.3) is 0 Å². The maximum atomic E-state index is 12.3. The molecule has 0 spiro atoms. The molecule has 2 heterocycles. The molecular weight excluding hydrogens is 308 g/mol. The highest BCUT2D eigenvalue weighted by Gasteiger charge is 2.32. The molecule has 1 saturated heterocycles. The number of aryl methyl sites for hydroxylation is 2. The van der Waals surface area contributed by atoms with E-state index in [4.69, 9.17) is 4.52 Å². The van der Waals surface area contributed by atoms with Gasteiger partial charge < -0.3 is 14.7 Å². The van der Waals surface area contributed by atoms with Crippen molar-refractivity contribution in [2.75, 3.05) is 13.1 Å². The van der Waals surface area contributed by atoms with Crippen molar-refractivity contribution in [1.29, 1.82) is 0 Å². The van der Waals surface area contributed by atoms with E-state index in [2.05, 4.69) is 15.5 Å². The van der Waals surface area contributed by atoms with E-state index in [9.17, 15) is 9.59 Å². The van der Waals surface area contributed by atoms with Crippen LogP contribution in [0.15, 0.2) is 4.52 Å². The normalized spacial score (nSPS) is 21.4. The summed E-state index contributed by atoms with van der Waals surface area (Å²) in [7, 11) is 0. The summed E-state index contributed by atoms with van der Waals surface area (Å²) in [6.07, 6.45) is 6.87. The van der Waals surface area contributed by atoms with E-state index in [1.54, 1.807) is 4.90 Å². The van der Waals surface area contributed by atoms with E-state index in [0.29, 0.717) is 43.7 Å². The van der Waals surface area contributed by atoms with Gasteiger partial charge in [0, 0.05) is 38.4 Å². The molecule has 1 N–H and O–H groups in total. The molecule has 1 saturated carbocycles. The van der Waals surface area contributed by atoms with Crippen molar-refractivity contribution >= 4 is 11.8 Å². The topological polar surface area (TPSA) is 88.3 Å². The second-order valence-electron chi connectivity index (χ2n) is 6.77. The van der Waals surface area contributed by atoms with E-state index in [1.165, 1.54) is 12.8 Å². The van der Waals surface area contributed by atoms with E-state index in [-0.39, 0.29) is 17.7 Å². The van der Waals surface area contributed by atoms with Crippen LogP contribution in [0.4, 0.5) is 0 Å². The van der Waals surface area contributed by atoms with Crippen LogP contribution in [0.25, 0.3) is 0 Å². The van der Waals surface area contributed by atoms with Crippen molar-refractivity contribution in [2.24, 2.45) is 5.92 Å². The summed E-state index contributed by atoms with van der Waals surface area (Å²) in [6.45, 7) is 3.15. The summed E-state index contributed by atoms with van der Waals surface area (Å²) in [6, 6.07) is 0.340. The summed E-state index contributed by atoms with van der Waals surface area (Å²) in [5.74, 6) is 1.28. The fourth-order valence-corrected chi connectivity index (χ4v) is 3.50. The number of rotatable bonds is 6. The highest BCUT2D eigenvalue weighted by molar-refractivity contribution is 5.82. The predicted molar refractivity (Wildman–Crippen MR) is 87.1 cm³/mol. The van der Waals surface area contributed by atoms with Crippen molar-refractivity contribution in [3.63, 3.8) is 0 Å². The molecule has 1 aromatic rings. The lowest BCUT2D eigenvalue weighted by Gasteiger charge is -2.18. The van der Waals surface area contributed by atoms with Crippen molar-refractivity contribution < 1.29 is 14.1 Å². The molecule has 7 nitrogen and oxygen atoms in total. The highest BCUT2D eigenvalue weighted by Crippen LogP contribution is 2.21. The third kappa shape index (κ3) is 4.13. The summed E-state index contributed by atoms with van der Waals surface area (Å²) in [5.41, 5.74) is 0. The minimum Gasteiger partial charge on any atom is -0.353 e. The molecule has 7 heteroatoms. The molecule has 1 aliphatic heterocycles. The Morgan fingerprint density at radius 1 is 1.29 bits per heavy atom. The standard InChI is InChI=1S/C17H26N4O3/c1-2-14-19-15(24-20-14)7-8-16(22)21-10-9-12(11-21)17(23)18-13-5-3-4-6-13/h12-13H,2-11H2,1H3,(H,18,23)/t12-/m0/s1. The number of hydrogen-bond donors (Lipinski definition) is 1. The van der Waals surface area contributed by atoms with Crippen LogP contribution in [0.3, 0.4) is 0 Å². The molecule has 2 fully saturated rings. The largest absolute Gasteiger partial charge is 0.353 e. The van der Waals surface area contributed by atoms with Gasteiger partial charge in [-0.2, -0.15) is 4.98 Å². The first kappa shape index (κ1) is 16.9. The minimum absolute atomic E-state index is 0.0578. The minimum atomic E-state index is -0.0651. The molecule has 2 aliphatic rings. The first-order valence-electron chi connectivity index (χ1n) is 9.05. The Balaban J connectivity index is 1.42. The van der Waals surface area contributed by atoms with E-state index < -0.39 is 0 Å². The van der Waals surface area contributed by atoms with Crippen molar-refractivity contribution in [1.82, 2.24) is 20.4 Å². The van der Waals surface area contributed by atoms with Crippen LogP contribution in [-0.4, -0.2) is 46.0 Å². The first-order chi connectivity index (χ1) is 11.7. The maximum Gasteiger partial charge on any atom is 0.227 e. The monoisotopic (exact) mass is 334 g/mol. The molecule has 1 atom stereocenters. The second kappa shape index (κ2) is 7.77. The van der Waals surface area contributed by atoms with Crippen LogP contribution in [0.1, 0.15) is 57.2 Å². The van der Waals surface area contributed by atoms with Crippen molar-refractivity contribution in [2.45, 2.75) is 64.3 Å². The van der Waals surface area contributed by atoms with Gasteiger partial charge in [0.05, 0.1) is 5.92 Å². The lowest BCUT2D eigenvalue weighted by Crippen LogP contribution is -2.39. The molecule has 0 bridgehead atoms. The molecule has 0 radical (unpaired) electrons. The summed E-state index contributed by atoms with van der Waals surface area (Å²) in [5, 5.41) is 6.97.